The first kappa shape index (κ1) is 19.1. The molecule has 3 rings (SSSR count). The standard InChI is InChI=1S/C20H18N2O3S2/c1-13(18(23)21-15-8-10-16(25-2)11-9-15)22-19(24)17(27-20(22)26)12-14-6-4-3-5-7-14/h3-13H,1-2H3,(H,21,23)/b17-12-. The second-order valence-corrected chi connectivity index (χ2v) is 7.53. The number of nitrogens with one attached hydrogen (secondary N) is 1. The Balaban J connectivity index is 1.72. The molecule has 0 radical (unpaired) electrons. The normalized spacial score (nSPS) is 16.5. The van der Waals surface area contributed by atoms with Crippen molar-refractivity contribution in [3.05, 3.63) is 65.1 Å². The van der Waals surface area contributed by atoms with Crippen LogP contribution in [0, 0.1) is 0 Å². The molecule has 27 heavy (non-hydrogen) atoms. The average molecular weight is 399 g/mol. The molecular formula is C20H18N2O3S2. The van der Waals surface area contributed by atoms with Crippen LogP contribution < -0.4 is 10.1 Å². The van der Waals surface area contributed by atoms with Crippen molar-refractivity contribution in [2.75, 3.05) is 12.4 Å². The molecule has 2 amide bonds. The summed E-state index contributed by atoms with van der Waals surface area (Å²) in [6.45, 7) is 1.66. The van der Waals surface area contributed by atoms with Crippen LogP contribution in [-0.2, 0) is 9.59 Å². The maximum Gasteiger partial charge on any atom is 0.266 e. The highest BCUT2D eigenvalue weighted by Crippen LogP contribution is 2.34. The summed E-state index contributed by atoms with van der Waals surface area (Å²) in [5, 5.41) is 2.80. The van der Waals surface area contributed by atoms with Gasteiger partial charge in [0.2, 0.25) is 5.91 Å². The van der Waals surface area contributed by atoms with Crippen molar-refractivity contribution in [3.63, 3.8) is 0 Å². The van der Waals surface area contributed by atoms with Gasteiger partial charge in [-0.3, -0.25) is 14.5 Å². The fraction of sp³-hybridized carbons (Fsp3) is 0.150. The fourth-order valence-electron chi connectivity index (χ4n) is 2.55. The molecule has 7 heteroatoms. The van der Waals surface area contributed by atoms with E-state index in [2.05, 4.69) is 5.32 Å². The van der Waals surface area contributed by atoms with E-state index in [1.54, 1.807) is 44.4 Å². The van der Waals surface area contributed by atoms with Crippen LogP contribution in [0.25, 0.3) is 6.08 Å². The summed E-state index contributed by atoms with van der Waals surface area (Å²) in [7, 11) is 1.58. The summed E-state index contributed by atoms with van der Waals surface area (Å²) in [5.74, 6) is 0.132. The van der Waals surface area contributed by atoms with Gasteiger partial charge in [0.05, 0.1) is 12.0 Å². The molecule has 1 aliphatic rings. The predicted molar refractivity (Wildman–Crippen MR) is 113 cm³/mol. The van der Waals surface area contributed by atoms with E-state index in [1.165, 1.54) is 16.7 Å². The highest BCUT2D eigenvalue weighted by Gasteiger charge is 2.38. The number of rotatable bonds is 5. The molecule has 0 aliphatic carbocycles. The minimum Gasteiger partial charge on any atom is -0.497 e. The molecule has 2 aromatic carbocycles. The first-order valence-corrected chi connectivity index (χ1v) is 9.49. The van der Waals surface area contributed by atoms with Gasteiger partial charge in [0.25, 0.3) is 5.91 Å². The number of methoxy groups -OCH3 is 1. The van der Waals surface area contributed by atoms with Gasteiger partial charge >= 0.3 is 0 Å². The van der Waals surface area contributed by atoms with Crippen molar-refractivity contribution in [1.29, 1.82) is 0 Å². The number of thiocarbonyl (C=S) groups is 1. The van der Waals surface area contributed by atoms with E-state index in [0.29, 0.717) is 20.7 Å². The second kappa shape index (κ2) is 8.37. The summed E-state index contributed by atoms with van der Waals surface area (Å²) in [6, 6.07) is 15.8. The summed E-state index contributed by atoms with van der Waals surface area (Å²) in [5.41, 5.74) is 1.53. The van der Waals surface area contributed by atoms with E-state index in [-0.39, 0.29) is 11.8 Å². The Morgan fingerprint density at radius 3 is 2.48 bits per heavy atom. The summed E-state index contributed by atoms with van der Waals surface area (Å²) in [4.78, 5) is 27.2. The Bertz CT molecular complexity index is 895. The third-order valence-corrected chi connectivity index (χ3v) is 5.38. The molecule has 1 unspecified atom stereocenters. The molecule has 1 aliphatic heterocycles. The number of carbonyl (C=O) groups excluding carboxylic acids is 2. The third-order valence-electron chi connectivity index (χ3n) is 4.05. The lowest BCUT2D eigenvalue weighted by atomic mass is 10.2. The number of nitrogens with zero attached hydrogens (tertiary/aromatic N) is 1. The third kappa shape index (κ3) is 4.37. The van der Waals surface area contributed by atoms with Crippen molar-refractivity contribution in [3.8, 4) is 5.75 Å². The second-order valence-electron chi connectivity index (χ2n) is 5.86. The van der Waals surface area contributed by atoms with E-state index in [4.69, 9.17) is 17.0 Å². The lowest BCUT2D eigenvalue weighted by Gasteiger charge is -2.22. The number of benzene rings is 2. The molecule has 0 spiro atoms. The number of hydrogen-bond donors (Lipinski definition) is 1. The zero-order chi connectivity index (χ0) is 19.4. The highest BCUT2D eigenvalue weighted by molar-refractivity contribution is 8.26. The first-order chi connectivity index (χ1) is 13.0. The van der Waals surface area contributed by atoms with Crippen molar-refractivity contribution in [2.45, 2.75) is 13.0 Å². The molecule has 0 bridgehead atoms. The van der Waals surface area contributed by atoms with Gasteiger partial charge in [0.15, 0.2) is 0 Å². The van der Waals surface area contributed by atoms with Gasteiger partial charge in [0, 0.05) is 5.69 Å². The molecule has 1 heterocycles. The van der Waals surface area contributed by atoms with Crippen molar-refractivity contribution in [2.24, 2.45) is 0 Å². The lowest BCUT2D eigenvalue weighted by Crippen LogP contribution is -2.44. The predicted octanol–water partition coefficient (Wildman–Crippen LogP) is 3.92. The molecule has 0 aromatic heterocycles. The van der Waals surface area contributed by atoms with Crippen molar-refractivity contribution >= 4 is 51.9 Å². The number of hydrogen-bond acceptors (Lipinski definition) is 5. The molecule has 1 saturated heterocycles. The first-order valence-electron chi connectivity index (χ1n) is 8.26. The van der Waals surface area contributed by atoms with Crippen LogP contribution in [0.1, 0.15) is 12.5 Å². The molecule has 2 aromatic rings. The lowest BCUT2D eigenvalue weighted by molar-refractivity contribution is -0.129. The Labute approximate surface area is 167 Å². The summed E-state index contributed by atoms with van der Waals surface area (Å²) >= 11 is 6.54. The van der Waals surface area contributed by atoms with Gasteiger partial charge in [-0.1, -0.05) is 54.3 Å². The summed E-state index contributed by atoms with van der Waals surface area (Å²) < 4.78 is 5.47. The molecule has 1 atom stereocenters. The monoisotopic (exact) mass is 398 g/mol. The van der Waals surface area contributed by atoms with Crippen LogP contribution >= 0.6 is 24.0 Å². The Kier molecular flexibility index (Phi) is 5.93. The molecule has 1 fully saturated rings. The van der Waals surface area contributed by atoms with Gasteiger partial charge in [-0.05, 0) is 42.8 Å². The van der Waals surface area contributed by atoms with E-state index in [1.807, 2.05) is 30.3 Å². The van der Waals surface area contributed by atoms with E-state index < -0.39 is 6.04 Å². The molecule has 1 N–H and O–H groups in total. The SMILES string of the molecule is COc1ccc(NC(=O)C(C)N2C(=O)/C(=C/c3ccccc3)SC2=S)cc1. The Hall–Kier alpha value is -2.64. The number of thioether (sulfide) groups is 1. The van der Waals surface area contributed by atoms with Crippen molar-refractivity contribution < 1.29 is 14.3 Å². The highest BCUT2D eigenvalue weighted by atomic mass is 32.2. The van der Waals surface area contributed by atoms with E-state index in [0.717, 1.165) is 5.56 Å². The van der Waals surface area contributed by atoms with Crippen LogP contribution in [0.15, 0.2) is 59.5 Å². The average Bonchev–Trinajstić information content (AvgIpc) is 2.95. The maximum absolute atomic E-state index is 12.8. The van der Waals surface area contributed by atoms with Crippen LogP contribution in [-0.4, -0.2) is 34.2 Å². The quantitative estimate of drug-likeness (QED) is 0.611. The Morgan fingerprint density at radius 2 is 1.85 bits per heavy atom. The van der Waals surface area contributed by atoms with Crippen molar-refractivity contribution in [1.82, 2.24) is 4.90 Å². The fourth-order valence-corrected chi connectivity index (χ4v) is 3.97. The van der Waals surface area contributed by atoms with Crippen LogP contribution in [0.3, 0.4) is 0 Å². The van der Waals surface area contributed by atoms with Crippen LogP contribution in [0.5, 0.6) is 5.75 Å². The minimum atomic E-state index is -0.721. The van der Waals surface area contributed by atoms with Gasteiger partial charge in [0.1, 0.15) is 16.1 Å². The van der Waals surface area contributed by atoms with Gasteiger partial charge in [-0.15, -0.1) is 0 Å². The zero-order valence-corrected chi connectivity index (χ0v) is 16.5. The summed E-state index contributed by atoms with van der Waals surface area (Å²) in [6.07, 6.45) is 1.79. The Morgan fingerprint density at radius 1 is 1.19 bits per heavy atom. The largest absolute Gasteiger partial charge is 0.497 e. The number of carbonyl (C=O) groups is 2. The zero-order valence-electron chi connectivity index (χ0n) is 14.8. The minimum absolute atomic E-state index is 0.258. The number of ether oxygens (including phenoxy) is 1. The molecule has 5 nitrogen and oxygen atoms in total. The van der Waals surface area contributed by atoms with Crippen LogP contribution in [0.2, 0.25) is 0 Å². The number of anilines is 1. The maximum atomic E-state index is 12.8. The van der Waals surface area contributed by atoms with Gasteiger partial charge in [-0.2, -0.15) is 0 Å². The number of amides is 2. The molecule has 0 saturated carbocycles. The van der Waals surface area contributed by atoms with E-state index in [9.17, 15) is 9.59 Å². The topological polar surface area (TPSA) is 58.6 Å². The van der Waals surface area contributed by atoms with Crippen LogP contribution in [0.4, 0.5) is 5.69 Å². The van der Waals surface area contributed by atoms with Gasteiger partial charge < -0.3 is 10.1 Å². The molecule has 138 valence electrons. The van der Waals surface area contributed by atoms with E-state index >= 15 is 0 Å². The van der Waals surface area contributed by atoms with Gasteiger partial charge in [-0.25, -0.2) is 0 Å². The molecular weight excluding hydrogens is 380 g/mol. The smallest absolute Gasteiger partial charge is 0.266 e.